The van der Waals surface area contributed by atoms with Crippen LogP contribution in [0.25, 0.3) is 0 Å². The van der Waals surface area contributed by atoms with Crippen LogP contribution in [-0.2, 0) is 9.47 Å². The summed E-state index contributed by atoms with van der Waals surface area (Å²) in [5, 5.41) is 0. The van der Waals surface area contributed by atoms with Gasteiger partial charge in [-0.25, -0.2) is 0 Å². The lowest BCUT2D eigenvalue weighted by Gasteiger charge is -2.20. The molecule has 108 valence electrons. The average molecular weight is 267 g/mol. The second-order valence-corrected chi connectivity index (χ2v) is 5.42. The van der Waals surface area contributed by atoms with Gasteiger partial charge in [0, 0.05) is 0 Å². The van der Waals surface area contributed by atoms with Gasteiger partial charge in [0.15, 0.2) is 0 Å². The summed E-state index contributed by atoms with van der Waals surface area (Å²) in [7, 11) is 1.64. The van der Waals surface area contributed by atoms with Crippen molar-refractivity contribution in [2.75, 3.05) is 26.9 Å². The van der Waals surface area contributed by atoms with Gasteiger partial charge in [0.05, 0.1) is 38.6 Å². The van der Waals surface area contributed by atoms with Crippen molar-refractivity contribution in [3.8, 4) is 5.75 Å². The maximum Gasteiger partial charge on any atom is 0.119 e. The zero-order valence-corrected chi connectivity index (χ0v) is 12.3. The molecule has 1 rings (SSSR count). The van der Waals surface area contributed by atoms with Crippen molar-refractivity contribution < 1.29 is 14.2 Å². The minimum absolute atomic E-state index is 0.127. The van der Waals surface area contributed by atoms with Crippen molar-refractivity contribution in [1.82, 2.24) is 0 Å². The first-order chi connectivity index (χ1) is 8.92. The van der Waals surface area contributed by atoms with Gasteiger partial charge in [-0.3, -0.25) is 0 Å². The summed E-state index contributed by atoms with van der Waals surface area (Å²) in [5.41, 5.74) is 6.95. The van der Waals surface area contributed by atoms with Crippen molar-refractivity contribution in [1.29, 1.82) is 0 Å². The number of benzene rings is 1. The molecule has 1 aromatic rings. The molecule has 0 aliphatic heterocycles. The molecule has 4 heteroatoms. The van der Waals surface area contributed by atoms with E-state index in [4.69, 9.17) is 19.9 Å². The number of nitrogens with two attached hydrogens (primary N) is 1. The van der Waals surface area contributed by atoms with E-state index >= 15 is 0 Å². The first-order valence-corrected chi connectivity index (χ1v) is 6.53. The lowest BCUT2D eigenvalue weighted by atomic mass is 10.1. The number of ether oxygens (including phenoxy) is 3. The Morgan fingerprint density at radius 3 is 2.58 bits per heavy atom. The van der Waals surface area contributed by atoms with Gasteiger partial charge in [-0.1, -0.05) is 12.1 Å². The topological polar surface area (TPSA) is 53.7 Å². The van der Waals surface area contributed by atoms with Crippen molar-refractivity contribution in [3.05, 3.63) is 29.8 Å². The zero-order chi connectivity index (χ0) is 14.3. The molecule has 1 atom stereocenters. The second kappa shape index (κ2) is 7.48. The van der Waals surface area contributed by atoms with Gasteiger partial charge in [-0.2, -0.15) is 0 Å². The van der Waals surface area contributed by atoms with E-state index in [-0.39, 0.29) is 11.6 Å². The molecule has 1 aromatic carbocycles. The number of hydrogen-bond acceptors (Lipinski definition) is 4. The molecule has 2 N–H and O–H groups in total. The van der Waals surface area contributed by atoms with Crippen molar-refractivity contribution in [2.45, 2.75) is 32.4 Å². The molecular weight excluding hydrogens is 242 g/mol. The molecule has 0 saturated carbocycles. The summed E-state index contributed by atoms with van der Waals surface area (Å²) < 4.78 is 16.3. The third kappa shape index (κ3) is 6.57. The smallest absolute Gasteiger partial charge is 0.119 e. The number of hydrogen-bond donors (Lipinski definition) is 1. The van der Waals surface area contributed by atoms with Crippen LogP contribution in [0.15, 0.2) is 24.3 Å². The average Bonchev–Trinajstić information content (AvgIpc) is 2.37. The Morgan fingerprint density at radius 1 is 1.21 bits per heavy atom. The first kappa shape index (κ1) is 16.0. The molecule has 19 heavy (non-hydrogen) atoms. The quantitative estimate of drug-likeness (QED) is 0.771. The lowest BCUT2D eigenvalue weighted by Crippen LogP contribution is -2.23. The van der Waals surface area contributed by atoms with Crippen LogP contribution in [0.5, 0.6) is 5.75 Å². The van der Waals surface area contributed by atoms with Crippen LogP contribution >= 0.6 is 0 Å². The number of methoxy groups -OCH3 is 1. The second-order valence-electron chi connectivity index (χ2n) is 5.42. The summed E-state index contributed by atoms with van der Waals surface area (Å²) in [6.45, 7) is 7.67. The maximum absolute atomic E-state index is 6.07. The Labute approximate surface area is 115 Å². The van der Waals surface area contributed by atoms with Crippen LogP contribution in [-0.4, -0.2) is 32.5 Å². The summed E-state index contributed by atoms with van der Waals surface area (Å²) in [4.78, 5) is 0. The summed E-state index contributed by atoms with van der Waals surface area (Å²) in [6, 6.07) is 7.58. The van der Waals surface area contributed by atoms with E-state index in [2.05, 4.69) is 0 Å². The van der Waals surface area contributed by atoms with Crippen LogP contribution in [0, 0.1) is 0 Å². The van der Waals surface area contributed by atoms with E-state index in [1.54, 1.807) is 7.11 Å². The summed E-state index contributed by atoms with van der Waals surface area (Å²) >= 11 is 0. The highest BCUT2D eigenvalue weighted by molar-refractivity contribution is 5.30. The van der Waals surface area contributed by atoms with Crippen LogP contribution in [0.3, 0.4) is 0 Å². The molecule has 0 fully saturated rings. The molecule has 0 bridgehead atoms. The molecule has 0 spiro atoms. The molecule has 0 aliphatic carbocycles. The van der Waals surface area contributed by atoms with E-state index in [0.717, 1.165) is 11.3 Å². The SMILES string of the molecule is COc1cccc(C(N)COCCOC(C)(C)C)c1. The fourth-order valence-electron chi connectivity index (χ4n) is 1.59. The molecule has 0 aromatic heterocycles. The predicted molar refractivity (Wildman–Crippen MR) is 76.4 cm³/mol. The van der Waals surface area contributed by atoms with Crippen molar-refractivity contribution >= 4 is 0 Å². The van der Waals surface area contributed by atoms with E-state index in [0.29, 0.717) is 19.8 Å². The third-order valence-electron chi connectivity index (χ3n) is 2.58. The van der Waals surface area contributed by atoms with E-state index < -0.39 is 0 Å². The lowest BCUT2D eigenvalue weighted by molar-refractivity contribution is -0.0363. The highest BCUT2D eigenvalue weighted by Crippen LogP contribution is 2.17. The van der Waals surface area contributed by atoms with Gasteiger partial charge in [0.2, 0.25) is 0 Å². The van der Waals surface area contributed by atoms with Gasteiger partial charge in [-0.05, 0) is 38.5 Å². The standard InChI is InChI=1S/C15H25NO3/c1-15(2,3)19-9-8-18-11-14(16)12-6-5-7-13(10-12)17-4/h5-7,10,14H,8-9,11,16H2,1-4H3. The van der Waals surface area contributed by atoms with Crippen molar-refractivity contribution in [2.24, 2.45) is 5.73 Å². The summed E-state index contributed by atoms with van der Waals surface area (Å²) in [6.07, 6.45) is 0. The Bertz CT molecular complexity index is 374. The molecular formula is C15H25NO3. The fourth-order valence-corrected chi connectivity index (χ4v) is 1.59. The minimum Gasteiger partial charge on any atom is -0.497 e. The van der Waals surface area contributed by atoms with Gasteiger partial charge < -0.3 is 19.9 Å². The Balaban J connectivity index is 2.29. The van der Waals surface area contributed by atoms with E-state index in [1.807, 2.05) is 45.0 Å². The monoisotopic (exact) mass is 267 g/mol. The zero-order valence-electron chi connectivity index (χ0n) is 12.3. The first-order valence-electron chi connectivity index (χ1n) is 6.53. The highest BCUT2D eigenvalue weighted by atomic mass is 16.5. The van der Waals surface area contributed by atoms with Crippen LogP contribution in [0.1, 0.15) is 32.4 Å². The molecule has 0 amide bonds. The van der Waals surface area contributed by atoms with Gasteiger partial charge in [-0.15, -0.1) is 0 Å². The molecule has 4 nitrogen and oxygen atoms in total. The van der Waals surface area contributed by atoms with Gasteiger partial charge in [0.1, 0.15) is 5.75 Å². The van der Waals surface area contributed by atoms with Gasteiger partial charge >= 0.3 is 0 Å². The number of rotatable bonds is 7. The van der Waals surface area contributed by atoms with E-state index in [1.165, 1.54) is 0 Å². The van der Waals surface area contributed by atoms with Crippen LogP contribution in [0.4, 0.5) is 0 Å². The normalized spacial score (nSPS) is 13.3. The molecule has 0 aliphatic rings. The van der Waals surface area contributed by atoms with E-state index in [9.17, 15) is 0 Å². The van der Waals surface area contributed by atoms with Crippen molar-refractivity contribution in [3.63, 3.8) is 0 Å². The van der Waals surface area contributed by atoms with Gasteiger partial charge in [0.25, 0.3) is 0 Å². The third-order valence-corrected chi connectivity index (χ3v) is 2.58. The molecule has 0 radical (unpaired) electrons. The fraction of sp³-hybridized carbons (Fsp3) is 0.600. The predicted octanol–water partition coefficient (Wildman–Crippen LogP) is 2.53. The summed E-state index contributed by atoms with van der Waals surface area (Å²) in [5.74, 6) is 0.809. The molecule has 0 saturated heterocycles. The Hall–Kier alpha value is -1.10. The van der Waals surface area contributed by atoms with Crippen LogP contribution < -0.4 is 10.5 Å². The minimum atomic E-state index is -0.148. The maximum atomic E-state index is 6.07. The largest absolute Gasteiger partial charge is 0.497 e. The molecule has 1 unspecified atom stereocenters. The Morgan fingerprint density at radius 2 is 1.95 bits per heavy atom. The van der Waals surface area contributed by atoms with Crippen LogP contribution in [0.2, 0.25) is 0 Å². The Kier molecular flexibility index (Phi) is 6.28. The molecule has 0 heterocycles. The highest BCUT2D eigenvalue weighted by Gasteiger charge is 2.10.